The van der Waals surface area contributed by atoms with Gasteiger partial charge >= 0.3 is 0 Å². The van der Waals surface area contributed by atoms with Crippen molar-refractivity contribution in [3.63, 3.8) is 0 Å². The van der Waals surface area contributed by atoms with Gasteiger partial charge in [-0.15, -0.1) is 11.3 Å². The number of hydrogen-bond acceptors (Lipinski definition) is 4. The van der Waals surface area contributed by atoms with E-state index in [9.17, 15) is 4.79 Å². The SMILES string of the molecule is CSCC(=O)N(C)Cc1csc(C#CCO)c1. The molecule has 0 aliphatic carbocycles. The monoisotopic (exact) mass is 269 g/mol. The van der Waals surface area contributed by atoms with Crippen LogP contribution in [0.2, 0.25) is 0 Å². The van der Waals surface area contributed by atoms with Crippen molar-refractivity contribution in [1.29, 1.82) is 0 Å². The average molecular weight is 269 g/mol. The summed E-state index contributed by atoms with van der Waals surface area (Å²) in [6.45, 7) is 0.482. The number of thiophene rings is 1. The summed E-state index contributed by atoms with van der Waals surface area (Å²) in [7, 11) is 1.80. The summed E-state index contributed by atoms with van der Waals surface area (Å²) in [5.74, 6) is 6.10. The smallest absolute Gasteiger partial charge is 0.232 e. The fourth-order valence-electron chi connectivity index (χ4n) is 1.25. The molecule has 0 aromatic carbocycles. The lowest BCUT2D eigenvalue weighted by atomic mass is 10.3. The number of rotatable bonds is 4. The van der Waals surface area contributed by atoms with Gasteiger partial charge in [0.25, 0.3) is 0 Å². The van der Waals surface area contributed by atoms with E-state index in [4.69, 9.17) is 5.11 Å². The van der Waals surface area contributed by atoms with Crippen molar-refractivity contribution in [3.8, 4) is 11.8 Å². The second-order valence-electron chi connectivity index (χ2n) is 3.46. The van der Waals surface area contributed by atoms with E-state index < -0.39 is 0 Å². The molecule has 0 aliphatic heterocycles. The maximum absolute atomic E-state index is 11.6. The standard InChI is InChI=1S/C12H15NO2S2/c1-13(12(15)9-16-2)7-10-6-11(17-8-10)4-3-5-14/h6,8,14H,5,7,9H2,1-2H3. The minimum atomic E-state index is -0.126. The lowest BCUT2D eigenvalue weighted by Crippen LogP contribution is -2.27. The van der Waals surface area contributed by atoms with Gasteiger partial charge in [-0.1, -0.05) is 11.8 Å². The second kappa shape index (κ2) is 7.38. The maximum Gasteiger partial charge on any atom is 0.232 e. The molecule has 0 unspecified atom stereocenters. The Morgan fingerprint density at radius 1 is 1.65 bits per heavy atom. The van der Waals surface area contributed by atoms with E-state index in [0.29, 0.717) is 12.3 Å². The zero-order chi connectivity index (χ0) is 12.7. The van der Waals surface area contributed by atoms with Crippen molar-refractivity contribution in [1.82, 2.24) is 4.90 Å². The predicted molar refractivity (Wildman–Crippen MR) is 73.1 cm³/mol. The minimum absolute atomic E-state index is 0.126. The van der Waals surface area contributed by atoms with Crippen LogP contribution in [0.5, 0.6) is 0 Å². The zero-order valence-corrected chi connectivity index (χ0v) is 11.5. The van der Waals surface area contributed by atoms with E-state index in [1.54, 1.807) is 11.9 Å². The Balaban J connectivity index is 2.57. The number of nitrogens with zero attached hydrogens (tertiary/aromatic N) is 1. The summed E-state index contributed by atoms with van der Waals surface area (Å²) in [6, 6.07) is 1.95. The fourth-order valence-corrected chi connectivity index (χ4v) is 2.49. The zero-order valence-electron chi connectivity index (χ0n) is 9.90. The molecular formula is C12H15NO2S2. The Hall–Kier alpha value is -0.960. The van der Waals surface area contributed by atoms with Crippen molar-refractivity contribution in [3.05, 3.63) is 21.9 Å². The Morgan fingerprint density at radius 3 is 3.06 bits per heavy atom. The molecule has 17 heavy (non-hydrogen) atoms. The first-order chi connectivity index (χ1) is 8.17. The number of carbonyl (C=O) groups excluding carboxylic acids is 1. The van der Waals surface area contributed by atoms with Crippen LogP contribution >= 0.6 is 23.1 Å². The number of thioether (sulfide) groups is 1. The number of aliphatic hydroxyl groups is 1. The van der Waals surface area contributed by atoms with Gasteiger partial charge in [-0.05, 0) is 23.3 Å². The highest BCUT2D eigenvalue weighted by atomic mass is 32.2. The van der Waals surface area contributed by atoms with Gasteiger partial charge in [0, 0.05) is 13.6 Å². The molecule has 0 saturated carbocycles. The first-order valence-corrected chi connectivity index (χ1v) is 7.34. The molecule has 1 heterocycles. The molecule has 3 nitrogen and oxygen atoms in total. The molecule has 1 amide bonds. The summed E-state index contributed by atoms with van der Waals surface area (Å²) < 4.78 is 0. The van der Waals surface area contributed by atoms with Crippen LogP contribution in [0.25, 0.3) is 0 Å². The van der Waals surface area contributed by atoms with Gasteiger partial charge in [-0.25, -0.2) is 0 Å². The maximum atomic E-state index is 11.6. The van der Waals surface area contributed by atoms with Gasteiger partial charge < -0.3 is 10.0 Å². The molecule has 0 atom stereocenters. The lowest BCUT2D eigenvalue weighted by Gasteiger charge is -2.15. The van der Waals surface area contributed by atoms with Crippen molar-refractivity contribution < 1.29 is 9.90 Å². The molecule has 1 rings (SSSR count). The molecular weight excluding hydrogens is 254 g/mol. The number of carbonyl (C=O) groups is 1. The first-order valence-electron chi connectivity index (χ1n) is 5.07. The highest BCUT2D eigenvalue weighted by Crippen LogP contribution is 2.15. The van der Waals surface area contributed by atoms with Crippen LogP contribution in [-0.4, -0.2) is 41.6 Å². The average Bonchev–Trinajstić information content (AvgIpc) is 2.74. The Morgan fingerprint density at radius 2 is 2.41 bits per heavy atom. The summed E-state index contributed by atoms with van der Waals surface area (Å²) in [6.07, 6.45) is 1.92. The molecule has 0 spiro atoms. The van der Waals surface area contributed by atoms with Crippen LogP contribution in [0.3, 0.4) is 0 Å². The van der Waals surface area contributed by atoms with Gasteiger partial charge in [0.1, 0.15) is 6.61 Å². The Kier molecular flexibility index (Phi) is 6.12. The highest BCUT2D eigenvalue weighted by molar-refractivity contribution is 7.99. The third-order valence-corrected chi connectivity index (χ3v) is 3.49. The summed E-state index contributed by atoms with van der Waals surface area (Å²) >= 11 is 3.05. The van der Waals surface area contributed by atoms with E-state index in [2.05, 4.69) is 11.8 Å². The third kappa shape index (κ3) is 4.82. The van der Waals surface area contributed by atoms with E-state index >= 15 is 0 Å². The van der Waals surface area contributed by atoms with Crippen molar-refractivity contribution in [2.75, 3.05) is 25.7 Å². The fraction of sp³-hybridized carbons (Fsp3) is 0.417. The molecule has 1 aromatic rings. The van der Waals surface area contributed by atoms with Crippen LogP contribution < -0.4 is 0 Å². The van der Waals surface area contributed by atoms with Crippen molar-refractivity contribution >= 4 is 29.0 Å². The van der Waals surface area contributed by atoms with E-state index in [-0.39, 0.29) is 12.5 Å². The second-order valence-corrected chi connectivity index (χ2v) is 5.24. The highest BCUT2D eigenvalue weighted by Gasteiger charge is 2.09. The molecule has 1 aromatic heterocycles. The molecule has 0 saturated heterocycles. The molecule has 0 fully saturated rings. The Bertz CT molecular complexity index is 431. The molecule has 0 radical (unpaired) electrons. The van der Waals surface area contributed by atoms with Gasteiger partial charge in [0.15, 0.2) is 0 Å². The summed E-state index contributed by atoms with van der Waals surface area (Å²) in [5.41, 5.74) is 1.08. The van der Waals surface area contributed by atoms with Crippen molar-refractivity contribution in [2.24, 2.45) is 0 Å². The number of aliphatic hydroxyl groups excluding tert-OH is 1. The third-order valence-electron chi connectivity index (χ3n) is 2.06. The van der Waals surface area contributed by atoms with Crippen LogP contribution in [0, 0.1) is 11.8 Å². The van der Waals surface area contributed by atoms with Gasteiger partial charge in [0.05, 0.1) is 10.6 Å². The van der Waals surface area contributed by atoms with Gasteiger partial charge in [0.2, 0.25) is 5.91 Å². The molecule has 0 bridgehead atoms. The first kappa shape index (κ1) is 14.1. The molecule has 0 aliphatic rings. The minimum Gasteiger partial charge on any atom is -0.384 e. The van der Waals surface area contributed by atoms with E-state index in [0.717, 1.165) is 10.4 Å². The van der Waals surface area contributed by atoms with Crippen LogP contribution in [0.15, 0.2) is 11.4 Å². The van der Waals surface area contributed by atoms with Crippen molar-refractivity contribution in [2.45, 2.75) is 6.54 Å². The largest absolute Gasteiger partial charge is 0.384 e. The summed E-state index contributed by atoms with van der Waals surface area (Å²) in [5, 5.41) is 10.6. The molecule has 5 heteroatoms. The molecule has 1 N–H and O–H groups in total. The number of hydrogen-bond donors (Lipinski definition) is 1. The van der Waals surface area contributed by atoms with Gasteiger partial charge in [-0.2, -0.15) is 11.8 Å². The van der Waals surface area contributed by atoms with Crippen LogP contribution in [-0.2, 0) is 11.3 Å². The van der Waals surface area contributed by atoms with Crippen LogP contribution in [0.4, 0.5) is 0 Å². The lowest BCUT2D eigenvalue weighted by molar-refractivity contribution is -0.127. The quantitative estimate of drug-likeness (QED) is 0.840. The normalized spacial score (nSPS) is 9.59. The number of amides is 1. The van der Waals surface area contributed by atoms with E-state index in [1.165, 1.54) is 23.1 Å². The van der Waals surface area contributed by atoms with E-state index in [1.807, 2.05) is 17.7 Å². The summed E-state index contributed by atoms with van der Waals surface area (Å²) in [4.78, 5) is 14.2. The van der Waals surface area contributed by atoms with Crippen LogP contribution in [0.1, 0.15) is 10.4 Å². The Labute approximate surface area is 110 Å². The molecule has 92 valence electrons. The topological polar surface area (TPSA) is 40.5 Å². The predicted octanol–water partition coefficient (Wildman–Crippen LogP) is 1.41. The van der Waals surface area contributed by atoms with Gasteiger partial charge in [-0.3, -0.25) is 4.79 Å².